The van der Waals surface area contributed by atoms with Gasteiger partial charge < -0.3 is 5.32 Å². The van der Waals surface area contributed by atoms with Gasteiger partial charge in [-0.15, -0.1) is 0 Å². The maximum Gasteiger partial charge on any atom is 0.268 e. The van der Waals surface area contributed by atoms with E-state index in [0.29, 0.717) is 27.8 Å². The van der Waals surface area contributed by atoms with Crippen LogP contribution in [0.1, 0.15) is 16.7 Å². The molecule has 0 saturated heterocycles. The Labute approximate surface area is 214 Å². The number of para-hydroxylation sites is 1. The lowest BCUT2D eigenvalue weighted by Gasteiger charge is -2.31. The van der Waals surface area contributed by atoms with E-state index in [9.17, 15) is 13.2 Å². The molecule has 36 heavy (non-hydrogen) atoms. The van der Waals surface area contributed by atoms with E-state index in [-0.39, 0.29) is 23.1 Å². The average molecular weight is 517 g/mol. The molecule has 0 saturated carbocycles. The van der Waals surface area contributed by atoms with Crippen molar-refractivity contribution < 1.29 is 13.2 Å². The molecule has 0 unspecified atom stereocenters. The number of hydrogen-bond acceptors (Lipinski definition) is 6. The van der Waals surface area contributed by atoms with Crippen LogP contribution in [0.5, 0.6) is 0 Å². The summed E-state index contributed by atoms with van der Waals surface area (Å²) in [5.41, 5.74) is 5.39. The highest BCUT2D eigenvalue weighted by molar-refractivity contribution is 7.99. The molecule has 5 rings (SSSR count). The minimum absolute atomic E-state index is 0.0586. The van der Waals surface area contributed by atoms with Crippen molar-refractivity contribution in [1.29, 1.82) is 0 Å². The number of rotatable bonds is 6. The fraction of sp³-hybridized carbons (Fsp3) is 0.148. The molecule has 1 aliphatic rings. The highest BCUT2D eigenvalue weighted by Gasteiger charge is 2.36. The maximum absolute atomic E-state index is 13.7. The molecule has 0 radical (unpaired) electrons. The zero-order valence-electron chi connectivity index (χ0n) is 19.8. The predicted molar refractivity (Wildman–Crippen MR) is 143 cm³/mol. The SMILES string of the molecule is Cc1ccc(NC(=O)CSc2ncc3c(n2)-c2ccccc2N(Cc2ccccc2C)S3(=O)=O)cc1. The fourth-order valence-corrected chi connectivity index (χ4v) is 6.19. The van der Waals surface area contributed by atoms with Crippen LogP contribution >= 0.6 is 11.8 Å². The highest BCUT2D eigenvalue weighted by Crippen LogP contribution is 2.43. The number of aromatic nitrogens is 2. The monoisotopic (exact) mass is 516 g/mol. The number of hydrogen-bond donors (Lipinski definition) is 1. The number of aryl methyl sites for hydroxylation is 2. The van der Waals surface area contributed by atoms with Gasteiger partial charge in [-0.1, -0.05) is 71.9 Å². The van der Waals surface area contributed by atoms with Crippen LogP contribution < -0.4 is 9.62 Å². The summed E-state index contributed by atoms with van der Waals surface area (Å²) in [6, 6.07) is 22.6. The minimum atomic E-state index is -3.88. The van der Waals surface area contributed by atoms with Crippen LogP contribution in [-0.4, -0.2) is 30.0 Å². The van der Waals surface area contributed by atoms with Crippen LogP contribution in [0.25, 0.3) is 11.3 Å². The lowest BCUT2D eigenvalue weighted by atomic mass is 10.1. The normalized spacial score (nSPS) is 13.6. The molecule has 0 aliphatic carbocycles. The molecular weight excluding hydrogens is 492 g/mol. The molecule has 182 valence electrons. The lowest BCUT2D eigenvalue weighted by molar-refractivity contribution is -0.113. The number of nitrogens with one attached hydrogen (secondary N) is 1. The van der Waals surface area contributed by atoms with Gasteiger partial charge in [0.05, 0.1) is 29.9 Å². The highest BCUT2D eigenvalue weighted by atomic mass is 32.2. The van der Waals surface area contributed by atoms with E-state index in [4.69, 9.17) is 0 Å². The van der Waals surface area contributed by atoms with Crippen molar-refractivity contribution in [3.8, 4) is 11.3 Å². The molecular formula is C27H24N4O3S2. The Morgan fingerprint density at radius 2 is 1.69 bits per heavy atom. The van der Waals surface area contributed by atoms with Gasteiger partial charge in [-0.25, -0.2) is 18.4 Å². The van der Waals surface area contributed by atoms with E-state index >= 15 is 0 Å². The summed E-state index contributed by atoms with van der Waals surface area (Å²) in [6.07, 6.45) is 1.35. The van der Waals surface area contributed by atoms with Crippen LogP contribution in [0.4, 0.5) is 11.4 Å². The third-order valence-electron chi connectivity index (χ3n) is 5.97. The van der Waals surface area contributed by atoms with E-state index in [1.807, 2.05) is 80.6 Å². The second kappa shape index (κ2) is 9.75. The van der Waals surface area contributed by atoms with Gasteiger partial charge in [-0.3, -0.25) is 9.10 Å². The molecule has 7 nitrogen and oxygen atoms in total. The average Bonchev–Trinajstić information content (AvgIpc) is 2.87. The summed E-state index contributed by atoms with van der Waals surface area (Å²) >= 11 is 1.16. The standard InChI is InChI=1S/C27H24N4O3S2/c1-18-11-13-21(14-12-18)29-25(32)17-35-27-28-15-24-26(30-27)22-9-5-6-10-23(22)31(36(24,33)34)16-20-8-4-3-7-19(20)2/h3-15H,16-17H2,1-2H3,(H,29,32). The third-order valence-corrected chi connectivity index (χ3v) is 8.59. The molecule has 0 fully saturated rings. The lowest BCUT2D eigenvalue weighted by Crippen LogP contribution is -2.34. The molecule has 1 N–H and O–H groups in total. The molecule has 3 aromatic carbocycles. The van der Waals surface area contributed by atoms with Gasteiger partial charge in [0.15, 0.2) is 5.16 Å². The second-order valence-electron chi connectivity index (χ2n) is 8.52. The fourth-order valence-electron chi connectivity index (χ4n) is 4.02. The Balaban J connectivity index is 1.41. The quantitative estimate of drug-likeness (QED) is 0.280. The first-order chi connectivity index (χ1) is 17.3. The van der Waals surface area contributed by atoms with Crippen LogP contribution in [0.15, 0.2) is 89.0 Å². The summed E-state index contributed by atoms with van der Waals surface area (Å²) in [5, 5.41) is 3.18. The Hall–Kier alpha value is -3.69. The van der Waals surface area contributed by atoms with Gasteiger partial charge in [0.1, 0.15) is 4.90 Å². The minimum Gasteiger partial charge on any atom is -0.325 e. The van der Waals surface area contributed by atoms with E-state index in [1.165, 1.54) is 10.5 Å². The van der Waals surface area contributed by atoms with Crippen molar-refractivity contribution in [2.24, 2.45) is 0 Å². The molecule has 1 aromatic heterocycles. The van der Waals surface area contributed by atoms with Crippen LogP contribution in [0.2, 0.25) is 0 Å². The van der Waals surface area contributed by atoms with Gasteiger partial charge in [0.2, 0.25) is 5.91 Å². The molecule has 0 bridgehead atoms. The number of thioether (sulfide) groups is 1. The van der Waals surface area contributed by atoms with Crippen LogP contribution in [0, 0.1) is 13.8 Å². The van der Waals surface area contributed by atoms with Crippen molar-refractivity contribution in [1.82, 2.24) is 9.97 Å². The molecule has 0 spiro atoms. The number of amides is 1. The van der Waals surface area contributed by atoms with Gasteiger partial charge >= 0.3 is 0 Å². The Bertz CT molecular complexity index is 1550. The third kappa shape index (κ3) is 4.72. The van der Waals surface area contributed by atoms with E-state index in [0.717, 1.165) is 28.5 Å². The van der Waals surface area contributed by atoms with Crippen molar-refractivity contribution in [3.05, 3.63) is 95.7 Å². The Morgan fingerprint density at radius 1 is 0.972 bits per heavy atom. The largest absolute Gasteiger partial charge is 0.325 e. The number of benzene rings is 3. The zero-order valence-corrected chi connectivity index (χ0v) is 21.4. The summed E-state index contributed by atoms with van der Waals surface area (Å²) < 4.78 is 28.7. The smallest absolute Gasteiger partial charge is 0.268 e. The summed E-state index contributed by atoms with van der Waals surface area (Å²) in [4.78, 5) is 21.3. The zero-order chi connectivity index (χ0) is 25.3. The molecule has 4 aromatic rings. The number of carbonyl (C=O) groups is 1. The molecule has 1 amide bonds. The first-order valence-electron chi connectivity index (χ1n) is 11.4. The van der Waals surface area contributed by atoms with Gasteiger partial charge in [0.25, 0.3) is 10.0 Å². The topological polar surface area (TPSA) is 92.3 Å². The molecule has 1 aliphatic heterocycles. The number of anilines is 2. The van der Waals surface area contributed by atoms with Gasteiger partial charge in [0, 0.05) is 11.3 Å². The Morgan fingerprint density at radius 3 is 2.47 bits per heavy atom. The first-order valence-corrected chi connectivity index (χ1v) is 13.8. The second-order valence-corrected chi connectivity index (χ2v) is 11.3. The number of sulfonamides is 1. The van der Waals surface area contributed by atoms with E-state index in [2.05, 4.69) is 15.3 Å². The van der Waals surface area contributed by atoms with Gasteiger partial charge in [-0.2, -0.15) is 0 Å². The van der Waals surface area contributed by atoms with E-state index in [1.54, 1.807) is 6.07 Å². The van der Waals surface area contributed by atoms with Gasteiger partial charge in [-0.05, 0) is 43.2 Å². The van der Waals surface area contributed by atoms with Crippen LogP contribution in [-0.2, 0) is 21.4 Å². The summed E-state index contributed by atoms with van der Waals surface area (Å²) in [6.45, 7) is 4.16. The first kappa shape index (κ1) is 24.0. The molecule has 2 heterocycles. The van der Waals surface area contributed by atoms with E-state index < -0.39 is 10.0 Å². The molecule has 9 heteroatoms. The van der Waals surface area contributed by atoms with Crippen molar-refractivity contribution in [2.45, 2.75) is 30.4 Å². The van der Waals surface area contributed by atoms with Crippen molar-refractivity contribution >= 4 is 39.1 Å². The van der Waals surface area contributed by atoms with Crippen molar-refractivity contribution in [3.63, 3.8) is 0 Å². The number of nitrogens with zero attached hydrogens (tertiary/aromatic N) is 3. The summed E-state index contributed by atoms with van der Waals surface area (Å²) in [5.74, 6) is -0.0943. The summed E-state index contributed by atoms with van der Waals surface area (Å²) in [7, 11) is -3.88. The van der Waals surface area contributed by atoms with Crippen molar-refractivity contribution in [2.75, 3.05) is 15.4 Å². The molecule has 0 atom stereocenters. The predicted octanol–water partition coefficient (Wildman–Crippen LogP) is 5.20. The number of fused-ring (bicyclic) bond motifs is 3. The van der Waals surface area contributed by atoms with Crippen LogP contribution in [0.3, 0.4) is 0 Å². The number of carbonyl (C=O) groups excluding carboxylic acids is 1. The maximum atomic E-state index is 13.7. The Kier molecular flexibility index (Phi) is 6.51.